The highest BCUT2D eigenvalue weighted by Gasteiger charge is 2.25. The number of ether oxygens (including phenoxy) is 1. The highest BCUT2D eigenvalue weighted by molar-refractivity contribution is 5.93. The van der Waals surface area contributed by atoms with Crippen LogP contribution in [-0.2, 0) is 9.53 Å². The zero-order valence-corrected chi connectivity index (χ0v) is 13.3. The first kappa shape index (κ1) is 15.5. The van der Waals surface area contributed by atoms with E-state index in [4.69, 9.17) is 4.74 Å². The van der Waals surface area contributed by atoms with Crippen molar-refractivity contribution in [2.75, 3.05) is 18.4 Å². The number of carbonyl (C=O) groups is 1. The third-order valence-electron chi connectivity index (χ3n) is 4.59. The van der Waals surface area contributed by atoms with Gasteiger partial charge < -0.3 is 15.4 Å². The predicted octanol–water partition coefficient (Wildman–Crippen LogP) is 2.09. The summed E-state index contributed by atoms with van der Waals surface area (Å²) in [6, 6.07) is 2.25. The number of hydrogen-bond donors (Lipinski definition) is 2. The molecule has 0 spiro atoms. The standard InChI is InChI=1S/C16H26N4O2/c1-2-14(22-13-5-3-4-6-13)16(21)18-15-8-10-20(19-15)12-7-9-17-11-12/h8,10,12-14,17H,2-7,9,11H2,1H3,(H,18,19,21)/t12-,14-/m1/s1. The molecule has 1 aliphatic carbocycles. The summed E-state index contributed by atoms with van der Waals surface area (Å²) in [5.74, 6) is 0.537. The summed E-state index contributed by atoms with van der Waals surface area (Å²) in [5, 5.41) is 10.7. The molecule has 3 rings (SSSR count). The Morgan fingerprint density at radius 1 is 1.50 bits per heavy atom. The molecule has 0 aromatic carbocycles. The normalized spacial score (nSPS) is 23.8. The SMILES string of the molecule is CC[C@@H](OC1CCCC1)C(=O)Nc1ccn([C@@H]2CCNC2)n1. The predicted molar refractivity (Wildman–Crippen MR) is 84.8 cm³/mol. The first-order valence-electron chi connectivity index (χ1n) is 8.48. The Morgan fingerprint density at radius 2 is 2.32 bits per heavy atom. The minimum atomic E-state index is -0.374. The molecule has 1 aromatic heterocycles. The Balaban J connectivity index is 1.55. The van der Waals surface area contributed by atoms with Gasteiger partial charge >= 0.3 is 0 Å². The Labute approximate surface area is 131 Å². The van der Waals surface area contributed by atoms with Crippen LogP contribution in [0.25, 0.3) is 0 Å². The summed E-state index contributed by atoms with van der Waals surface area (Å²) in [4.78, 5) is 12.4. The number of anilines is 1. The van der Waals surface area contributed by atoms with Crippen molar-refractivity contribution in [2.24, 2.45) is 0 Å². The summed E-state index contributed by atoms with van der Waals surface area (Å²) in [6.07, 6.45) is 8.16. The molecule has 2 N–H and O–H groups in total. The Kier molecular flexibility index (Phi) is 5.10. The van der Waals surface area contributed by atoms with Gasteiger partial charge in [0.05, 0.1) is 12.1 Å². The molecule has 0 radical (unpaired) electrons. The molecule has 2 fully saturated rings. The molecule has 1 amide bonds. The van der Waals surface area contributed by atoms with Crippen LogP contribution in [0.1, 0.15) is 51.5 Å². The van der Waals surface area contributed by atoms with Crippen LogP contribution in [-0.4, -0.2) is 41.0 Å². The average molecular weight is 306 g/mol. The molecule has 6 heteroatoms. The van der Waals surface area contributed by atoms with Crippen LogP contribution < -0.4 is 10.6 Å². The van der Waals surface area contributed by atoms with Gasteiger partial charge in [0.2, 0.25) is 0 Å². The first-order valence-corrected chi connectivity index (χ1v) is 8.48. The molecule has 6 nitrogen and oxygen atoms in total. The van der Waals surface area contributed by atoms with Crippen molar-refractivity contribution in [2.45, 2.75) is 63.7 Å². The topological polar surface area (TPSA) is 68.2 Å². The van der Waals surface area contributed by atoms with Gasteiger partial charge in [-0.3, -0.25) is 9.48 Å². The summed E-state index contributed by atoms with van der Waals surface area (Å²) in [7, 11) is 0. The van der Waals surface area contributed by atoms with Gasteiger partial charge in [-0.05, 0) is 32.2 Å². The van der Waals surface area contributed by atoms with E-state index in [1.54, 1.807) is 0 Å². The Morgan fingerprint density at radius 3 is 3.00 bits per heavy atom. The number of nitrogens with zero attached hydrogens (tertiary/aromatic N) is 2. The summed E-state index contributed by atoms with van der Waals surface area (Å²) in [6.45, 7) is 3.96. The van der Waals surface area contributed by atoms with Gasteiger partial charge in [0, 0.05) is 18.8 Å². The van der Waals surface area contributed by atoms with Crippen molar-refractivity contribution in [1.82, 2.24) is 15.1 Å². The highest BCUT2D eigenvalue weighted by atomic mass is 16.5. The second kappa shape index (κ2) is 7.24. The second-order valence-corrected chi connectivity index (χ2v) is 6.26. The van der Waals surface area contributed by atoms with E-state index < -0.39 is 0 Å². The summed E-state index contributed by atoms with van der Waals surface area (Å²) >= 11 is 0. The zero-order valence-electron chi connectivity index (χ0n) is 13.3. The maximum atomic E-state index is 12.4. The lowest BCUT2D eigenvalue weighted by Crippen LogP contribution is -2.33. The molecule has 2 heterocycles. The van der Waals surface area contributed by atoms with E-state index >= 15 is 0 Å². The number of hydrogen-bond acceptors (Lipinski definition) is 4. The number of aromatic nitrogens is 2. The molecule has 1 saturated carbocycles. The van der Waals surface area contributed by atoms with Gasteiger partial charge in [-0.25, -0.2) is 0 Å². The van der Waals surface area contributed by atoms with Gasteiger partial charge in [-0.2, -0.15) is 5.10 Å². The molecule has 1 saturated heterocycles. The van der Waals surface area contributed by atoms with Crippen molar-refractivity contribution in [3.05, 3.63) is 12.3 Å². The highest BCUT2D eigenvalue weighted by Crippen LogP contribution is 2.23. The number of rotatable bonds is 6. The summed E-state index contributed by atoms with van der Waals surface area (Å²) < 4.78 is 7.88. The molecule has 2 aliphatic rings. The van der Waals surface area contributed by atoms with Gasteiger partial charge in [0.15, 0.2) is 5.82 Å². The molecule has 0 bridgehead atoms. The van der Waals surface area contributed by atoms with E-state index in [-0.39, 0.29) is 18.1 Å². The van der Waals surface area contributed by atoms with Gasteiger partial charge in [0.25, 0.3) is 5.91 Å². The quantitative estimate of drug-likeness (QED) is 0.844. The van der Waals surface area contributed by atoms with E-state index in [0.29, 0.717) is 18.3 Å². The van der Waals surface area contributed by atoms with Crippen LogP contribution in [0.4, 0.5) is 5.82 Å². The maximum absolute atomic E-state index is 12.4. The molecule has 22 heavy (non-hydrogen) atoms. The third-order valence-corrected chi connectivity index (χ3v) is 4.59. The molecule has 1 aromatic rings. The van der Waals surface area contributed by atoms with E-state index in [9.17, 15) is 4.79 Å². The Hall–Kier alpha value is -1.40. The minimum absolute atomic E-state index is 0.0794. The third kappa shape index (κ3) is 3.67. The zero-order chi connectivity index (χ0) is 15.4. The van der Waals surface area contributed by atoms with Gasteiger partial charge in [-0.1, -0.05) is 19.8 Å². The lowest BCUT2D eigenvalue weighted by atomic mass is 10.2. The lowest BCUT2D eigenvalue weighted by molar-refractivity contribution is -0.131. The maximum Gasteiger partial charge on any atom is 0.254 e. The summed E-state index contributed by atoms with van der Waals surface area (Å²) in [5.41, 5.74) is 0. The van der Waals surface area contributed by atoms with Crippen LogP contribution in [0.5, 0.6) is 0 Å². The van der Waals surface area contributed by atoms with Crippen LogP contribution in [0.2, 0.25) is 0 Å². The lowest BCUT2D eigenvalue weighted by Gasteiger charge is -2.19. The van der Waals surface area contributed by atoms with Crippen LogP contribution in [0.15, 0.2) is 12.3 Å². The molecule has 2 atom stereocenters. The van der Waals surface area contributed by atoms with Crippen molar-refractivity contribution >= 4 is 11.7 Å². The molecule has 1 aliphatic heterocycles. The second-order valence-electron chi connectivity index (χ2n) is 6.26. The fourth-order valence-corrected chi connectivity index (χ4v) is 3.28. The fraction of sp³-hybridized carbons (Fsp3) is 0.750. The van der Waals surface area contributed by atoms with Crippen molar-refractivity contribution in [1.29, 1.82) is 0 Å². The Bertz CT molecular complexity index is 490. The van der Waals surface area contributed by atoms with E-state index in [0.717, 1.165) is 32.4 Å². The van der Waals surface area contributed by atoms with E-state index in [1.165, 1.54) is 12.8 Å². The molecular weight excluding hydrogens is 280 g/mol. The average Bonchev–Trinajstić information content (AvgIpc) is 3.25. The number of carbonyl (C=O) groups excluding carboxylic acids is 1. The number of nitrogens with one attached hydrogen (secondary N) is 2. The largest absolute Gasteiger partial charge is 0.365 e. The molecule has 122 valence electrons. The van der Waals surface area contributed by atoms with E-state index in [2.05, 4.69) is 15.7 Å². The molecule has 0 unspecified atom stereocenters. The van der Waals surface area contributed by atoms with Gasteiger partial charge in [-0.15, -0.1) is 0 Å². The smallest absolute Gasteiger partial charge is 0.254 e. The van der Waals surface area contributed by atoms with Crippen molar-refractivity contribution in [3.8, 4) is 0 Å². The fourth-order valence-electron chi connectivity index (χ4n) is 3.28. The van der Waals surface area contributed by atoms with Crippen LogP contribution >= 0.6 is 0 Å². The number of amides is 1. The van der Waals surface area contributed by atoms with Crippen molar-refractivity contribution in [3.63, 3.8) is 0 Å². The van der Waals surface area contributed by atoms with E-state index in [1.807, 2.05) is 23.9 Å². The minimum Gasteiger partial charge on any atom is -0.365 e. The monoisotopic (exact) mass is 306 g/mol. The first-order chi connectivity index (χ1) is 10.8. The van der Waals surface area contributed by atoms with Gasteiger partial charge in [0.1, 0.15) is 6.10 Å². The van der Waals surface area contributed by atoms with Crippen LogP contribution in [0.3, 0.4) is 0 Å². The van der Waals surface area contributed by atoms with Crippen LogP contribution in [0, 0.1) is 0 Å². The van der Waals surface area contributed by atoms with Crippen molar-refractivity contribution < 1.29 is 9.53 Å². The molecular formula is C16H26N4O2.